The molecule has 0 bridgehead atoms. The largest absolute Gasteiger partial charge is 0.548 e. The Morgan fingerprint density at radius 3 is 2.79 bits per heavy atom. The molecule has 1 aliphatic rings. The van der Waals surface area contributed by atoms with Gasteiger partial charge in [0.2, 0.25) is 0 Å². The van der Waals surface area contributed by atoms with E-state index in [0.717, 1.165) is 25.7 Å². The Balaban J connectivity index is 2.56. The van der Waals surface area contributed by atoms with Gasteiger partial charge in [-0.1, -0.05) is 6.92 Å². The van der Waals surface area contributed by atoms with Crippen LogP contribution >= 0.6 is 11.8 Å². The molecule has 1 N–H and O–H groups in total. The Bertz CT molecular complexity index is 312. The molecule has 19 heavy (non-hydrogen) atoms. The summed E-state index contributed by atoms with van der Waals surface area (Å²) in [4.78, 5) is 25.0. The molecule has 1 fully saturated rings. The van der Waals surface area contributed by atoms with Gasteiger partial charge in [-0.15, -0.1) is 0 Å². The molecule has 5 nitrogen and oxygen atoms in total. The number of hydrogen-bond acceptors (Lipinski definition) is 4. The maximum atomic E-state index is 12.2. The van der Waals surface area contributed by atoms with Crippen LogP contribution in [0.15, 0.2) is 0 Å². The normalized spacial score (nSPS) is 20.9. The van der Waals surface area contributed by atoms with Gasteiger partial charge in [0.05, 0.1) is 12.0 Å². The third-order valence-corrected chi connectivity index (χ3v) is 4.20. The second-order valence-corrected chi connectivity index (χ2v) is 5.84. The van der Waals surface area contributed by atoms with Gasteiger partial charge in [0.25, 0.3) is 0 Å². The standard InChI is InChI=1S/C13H24N2O3S/c1-3-10-6-4-5-8-15(10)13(18)14-11(12(16)17)7-9-19-2/h10-11H,3-9H2,1-2H3,(H,14,18)(H,16,17)/p-1/t10-,11+/m1/s1. The lowest BCUT2D eigenvalue weighted by Gasteiger charge is -2.36. The molecule has 0 aliphatic carbocycles. The van der Waals surface area contributed by atoms with Gasteiger partial charge in [-0.05, 0) is 44.1 Å². The van der Waals surface area contributed by atoms with Crippen molar-refractivity contribution in [2.75, 3.05) is 18.6 Å². The number of carbonyl (C=O) groups is 2. The summed E-state index contributed by atoms with van der Waals surface area (Å²) in [7, 11) is 0. The fraction of sp³-hybridized carbons (Fsp3) is 0.846. The molecule has 6 heteroatoms. The van der Waals surface area contributed by atoms with E-state index in [1.54, 1.807) is 16.7 Å². The van der Waals surface area contributed by atoms with Crippen LogP contribution in [0.4, 0.5) is 4.79 Å². The third kappa shape index (κ3) is 4.93. The van der Waals surface area contributed by atoms with Gasteiger partial charge in [0, 0.05) is 12.6 Å². The molecule has 1 rings (SSSR count). The van der Waals surface area contributed by atoms with Crippen LogP contribution in [0.5, 0.6) is 0 Å². The van der Waals surface area contributed by atoms with E-state index < -0.39 is 12.0 Å². The number of carboxylic acid groups (broad SMARTS) is 1. The molecule has 0 unspecified atom stereocenters. The van der Waals surface area contributed by atoms with Gasteiger partial charge in [-0.3, -0.25) is 0 Å². The van der Waals surface area contributed by atoms with Crippen LogP contribution in [0.3, 0.4) is 0 Å². The van der Waals surface area contributed by atoms with E-state index in [1.807, 2.05) is 6.26 Å². The number of nitrogens with zero attached hydrogens (tertiary/aromatic N) is 1. The highest BCUT2D eigenvalue weighted by molar-refractivity contribution is 7.98. The predicted octanol–water partition coefficient (Wildman–Crippen LogP) is 0.832. The number of carboxylic acids is 1. The van der Waals surface area contributed by atoms with Crippen molar-refractivity contribution in [3.63, 3.8) is 0 Å². The molecule has 0 radical (unpaired) electrons. The van der Waals surface area contributed by atoms with E-state index in [9.17, 15) is 14.7 Å². The summed E-state index contributed by atoms with van der Waals surface area (Å²) in [5.74, 6) is -0.511. The van der Waals surface area contributed by atoms with Gasteiger partial charge in [-0.2, -0.15) is 11.8 Å². The van der Waals surface area contributed by atoms with E-state index >= 15 is 0 Å². The summed E-state index contributed by atoms with van der Waals surface area (Å²) in [5, 5.41) is 13.6. The van der Waals surface area contributed by atoms with Crippen molar-refractivity contribution in [3.8, 4) is 0 Å². The molecule has 0 aromatic rings. The molecule has 0 aromatic carbocycles. The van der Waals surface area contributed by atoms with Crippen molar-refractivity contribution in [1.29, 1.82) is 0 Å². The molecule has 110 valence electrons. The lowest BCUT2D eigenvalue weighted by molar-refractivity contribution is -0.308. The summed E-state index contributed by atoms with van der Waals surface area (Å²) in [5.41, 5.74) is 0. The highest BCUT2D eigenvalue weighted by atomic mass is 32.2. The fourth-order valence-corrected chi connectivity index (χ4v) is 2.88. The zero-order valence-corrected chi connectivity index (χ0v) is 12.5. The molecule has 0 aromatic heterocycles. The first-order chi connectivity index (χ1) is 9.10. The number of hydrogen-bond donors (Lipinski definition) is 1. The monoisotopic (exact) mass is 287 g/mol. The zero-order chi connectivity index (χ0) is 14.3. The van der Waals surface area contributed by atoms with E-state index in [-0.39, 0.29) is 12.1 Å². The first-order valence-corrected chi connectivity index (χ1v) is 8.26. The lowest BCUT2D eigenvalue weighted by atomic mass is 10.0. The smallest absolute Gasteiger partial charge is 0.318 e. The Labute approximate surface area is 119 Å². The molecular formula is C13H23N2O3S-. The second-order valence-electron chi connectivity index (χ2n) is 4.85. The lowest BCUT2D eigenvalue weighted by Crippen LogP contribution is -2.55. The quantitative estimate of drug-likeness (QED) is 0.785. The first-order valence-electron chi connectivity index (χ1n) is 6.87. The van der Waals surface area contributed by atoms with E-state index in [1.165, 1.54) is 0 Å². The van der Waals surface area contributed by atoms with Crippen LogP contribution in [0.25, 0.3) is 0 Å². The number of aliphatic carboxylic acids is 1. The van der Waals surface area contributed by atoms with Crippen LogP contribution in [0.2, 0.25) is 0 Å². The van der Waals surface area contributed by atoms with Gasteiger partial charge in [0.1, 0.15) is 0 Å². The van der Waals surface area contributed by atoms with Crippen molar-refractivity contribution >= 4 is 23.8 Å². The maximum Gasteiger partial charge on any atom is 0.318 e. The van der Waals surface area contributed by atoms with Crippen LogP contribution in [0, 0.1) is 0 Å². The number of thioether (sulfide) groups is 1. The SMILES string of the molecule is CC[C@@H]1CCCCN1C(=O)N[C@@H](CCSC)C(=O)[O-]. The average Bonchev–Trinajstić information content (AvgIpc) is 2.42. The summed E-state index contributed by atoms with van der Waals surface area (Å²) in [6, 6.07) is -0.919. The van der Waals surface area contributed by atoms with Gasteiger partial charge < -0.3 is 20.1 Å². The number of amides is 2. The molecule has 1 aliphatic heterocycles. The van der Waals surface area contributed by atoms with Crippen LogP contribution in [-0.4, -0.2) is 47.5 Å². The minimum atomic E-state index is -1.20. The fourth-order valence-electron chi connectivity index (χ4n) is 2.41. The number of urea groups is 1. The summed E-state index contributed by atoms with van der Waals surface area (Å²) < 4.78 is 0. The van der Waals surface area contributed by atoms with Crippen molar-refractivity contribution in [2.24, 2.45) is 0 Å². The van der Waals surface area contributed by atoms with E-state index in [2.05, 4.69) is 12.2 Å². The minimum absolute atomic E-state index is 0.233. The summed E-state index contributed by atoms with van der Waals surface area (Å²) in [6.07, 6.45) is 6.36. The van der Waals surface area contributed by atoms with Crippen molar-refractivity contribution < 1.29 is 14.7 Å². The van der Waals surface area contributed by atoms with Gasteiger partial charge >= 0.3 is 6.03 Å². The molecule has 0 saturated carbocycles. The molecule has 1 saturated heterocycles. The van der Waals surface area contributed by atoms with Gasteiger partial charge in [-0.25, -0.2) is 4.79 Å². The Morgan fingerprint density at radius 2 is 2.21 bits per heavy atom. The predicted molar refractivity (Wildman–Crippen MR) is 75.0 cm³/mol. The number of nitrogens with one attached hydrogen (secondary N) is 1. The molecule has 1 heterocycles. The number of likely N-dealkylation sites (tertiary alicyclic amines) is 1. The Hall–Kier alpha value is -0.910. The highest BCUT2D eigenvalue weighted by Crippen LogP contribution is 2.19. The number of piperidine rings is 1. The van der Waals surface area contributed by atoms with Crippen LogP contribution in [0.1, 0.15) is 39.0 Å². The highest BCUT2D eigenvalue weighted by Gasteiger charge is 2.26. The molecule has 0 spiro atoms. The van der Waals surface area contributed by atoms with E-state index in [4.69, 9.17) is 0 Å². The summed E-state index contributed by atoms with van der Waals surface area (Å²) in [6.45, 7) is 2.77. The van der Waals surface area contributed by atoms with Crippen molar-refractivity contribution in [2.45, 2.75) is 51.1 Å². The van der Waals surface area contributed by atoms with E-state index in [0.29, 0.717) is 18.7 Å². The topological polar surface area (TPSA) is 72.5 Å². The Morgan fingerprint density at radius 1 is 1.47 bits per heavy atom. The zero-order valence-electron chi connectivity index (χ0n) is 11.7. The molecule has 2 atom stereocenters. The first kappa shape index (κ1) is 16.1. The third-order valence-electron chi connectivity index (χ3n) is 3.55. The molecule has 2 amide bonds. The second kappa shape index (κ2) is 8.30. The number of carbonyl (C=O) groups excluding carboxylic acids is 2. The average molecular weight is 287 g/mol. The Kier molecular flexibility index (Phi) is 7.05. The summed E-state index contributed by atoms with van der Waals surface area (Å²) >= 11 is 1.56. The van der Waals surface area contributed by atoms with Crippen molar-refractivity contribution in [3.05, 3.63) is 0 Å². The number of rotatable bonds is 6. The minimum Gasteiger partial charge on any atom is -0.548 e. The maximum absolute atomic E-state index is 12.2. The van der Waals surface area contributed by atoms with Crippen LogP contribution in [-0.2, 0) is 4.79 Å². The van der Waals surface area contributed by atoms with Crippen molar-refractivity contribution in [1.82, 2.24) is 10.2 Å². The van der Waals surface area contributed by atoms with Gasteiger partial charge in [0.15, 0.2) is 0 Å². The molecular weight excluding hydrogens is 264 g/mol. The van der Waals surface area contributed by atoms with Crippen LogP contribution < -0.4 is 10.4 Å².